The Labute approximate surface area is 322 Å². The van der Waals surface area contributed by atoms with Gasteiger partial charge in [0.25, 0.3) is 0 Å². The second-order valence-electron chi connectivity index (χ2n) is 15.4. The summed E-state index contributed by atoms with van der Waals surface area (Å²) in [4.78, 5) is 73.0. The highest BCUT2D eigenvalue weighted by atomic mass is 19.1. The van der Waals surface area contributed by atoms with Gasteiger partial charge < -0.3 is 29.7 Å². The number of rotatable bonds is 20. The van der Waals surface area contributed by atoms with Gasteiger partial charge in [-0.1, -0.05) is 31.9 Å². The highest BCUT2D eigenvalue weighted by molar-refractivity contribution is 6.01. The summed E-state index contributed by atoms with van der Waals surface area (Å²) in [5.74, 6) is -4.74. The average molecular weight is 804 g/mol. The second-order valence-corrected chi connectivity index (χ2v) is 15.4. The maximum Gasteiger partial charge on any atom is 0.508 e. The molecule has 0 heterocycles. The number of nitrogens with zero attached hydrogens (tertiary/aromatic N) is 2. The highest BCUT2D eigenvalue weighted by Crippen LogP contribution is 2.70. The zero-order chi connectivity index (χ0) is 41.5. The number of nitrogens with one attached hydrogen (secondary N) is 1. The van der Waals surface area contributed by atoms with Crippen molar-refractivity contribution < 1.29 is 83.3 Å². The molecule has 0 aromatic heterocycles. The second kappa shape index (κ2) is 18.9. The van der Waals surface area contributed by atoms with E-state index in [1.54, 1.807) is 20.8 Å². The number of esters is 1. The number of carbonyl (C=O) groups is 5. The number of fused-ring (bicyclic) bond motifs is 5. The zero-order valence-electron chi connectivity index (χ0n) is 31.8. The smallest absolute Gasteiger partial charge is 0.464 e. The van der Waals surface area contributed by atoms with Crippen LogP contribution in [0.25, 0.3) is 0 Å². The third-order valence-corrected chi connectivity index (χ3v) is 12.2. The fraction of sp³-hybridized carbons (Fsp3) is 0.750. The van der Waals surface area contributed by atoms with Crippen LogP contribution >= 0.6 is 0 Å². The third kappa shape index (κ3) is 9.46. The van der Waals surface area contributed by atoms with E-state index in [9.17, 15) is 34.2 Å². The standard InChI is InChI=1S/C36H54FN3O16/c1-22-17-26-25-11-10-23-18-24(41)12-13-33(23,2)35(25,37)28(42)19-34(26,3)36(22,47)29(43)21-54-32(46)53-20-27(31(45)52-14-7-8-16-56-40(50)51)38-30(44)9-5-4-6-15-55-39(48)49/h12-13,18,22,25-28,42,47-51H,4-11,14-17,19-21H2,1-3H3,(H,38,44)/t22-,25-,26-,27?,28-,33-,34-,35-,36-/m0/s1. The minimum Gasteiger partial charge on any atom is -0.464 e. The van der Waals surface area contributed by atoms with E-state index in [1.807, 2.05) is 0 Å². The van der Waals surface area contributed by atoms with Gasteiger partial charge in [-0.25, -0.2) is 14.0 Å². The number of ketones is 2. The van der Waals surface area contributed by atoms with Crippen molar-refractivity contribution in [3.05, 3.63) is 23.8 Å². The van der Waals surface area contributed by atoms with Crippen molar-refractivity contribution in [2.24, 2.45) is 28.6 Å². The van der Waals surface area contributed by atoms with Gasteiger partial charge in [0.2, 0.25) is 11.7 Å². The van der Waals surface area contributed by atoms with E-state index < -0.39 is 99.8 Å². The van der Waals surface area contributed by atoms with Crippen molar-refractivity contribution >= 4 is 29.6 Å². The maximum absolute atomic E-state index is 17.5. The molecule has 316 valence electrons. The summed E-state index contributed by atoms with van der Waals surface area (Å²) in [5, 5.41) is 59.5. The summed E-state index contributed by atoms with van der Waals surface area (Å²) in [7, 11) is 0. The molecular weight excluding hydrogens is 749 g/mol. The third-order valence-electron chi connectivity index (χ3n) is 12.2. The quantitative estimate of drug-likeness (QED) is 0.0529. The number of halogens is 1. The predicted octanol–water partition coefficient (Wildman–Crippen LogP) is 2.45. The molecule has 4 aliphatic carbocycles. The molecule has 4 aliphatic rings. The Morgan fingerprint density at radius 2 is 1.59 bits per heavy atom. The molecule has 1 amide bonds. The van der Waals surface area contributed by atoms with Crippen LogP contribution in [0.4, 0.5) is 9.18 Å². The summed E-state index contributed by atoms with van der Waals surface area (Å²) in [5.41, 5.74) is -6.28. The van der Waals surface area contributed by atoms with Gasteiger partial charge in [0.05, 0.1) is 36.7 Å². The number of hydrogen-bond acceptors (Lipinski definition) is 18. The molecule has 19 nitrogen and oxygen atoms in total. The number of ether oxygens (including phenoxy) is 3. The molecule has 3 fully saturated rings. The summed E-state index contributed by atoms with van der Waals surface area (Å²) in [6.45, 7) is 2.93. The highest BCUT2D eigenvalue weighted by Gasteiger charge is 2.75. The van der Waals surface area contributed by atoms with Crippen molar-refractivity contribution in [3.63, 3.8) is 0 Å². The van der Waals surface area contributed by atoms with Crippen LogP contribution in [0.1, 0.15) is 85.0 Å². The number of Topliss-reactive ketones (excluding diaryl/α,β-unsaturated/α-hetero) is 1. The molecule has 4 rings (SSSR count). The number of aliphatic hydroxyl groups is 2. The fourth-order valence-electron chi connectivity index (χ4n) is 9.34. The van der Waals surface area contributed by atoms with Crippen molar-refractivity contribution in [2.75, 3.05) is 33.0 Å². The lowest BCUT2D eigenvalue weighted by Gasteiger charge is -2.62. The van der Waals surface area contributed by atoms with Gasteiger partial charge in [0.1, 0.15) is 12.2 Å². The predicted molar refractivity (Wildman–Crippen MR) is 183 cm³/mol. The number of hydrogen-bond donors (Lipinski definition) is 7. The minimum atomic E-state index is -2.17. The van der Waals surface area contributed by atoms with Crippen molar-refractivity contribution in [3.8, 4) is 0 Å². The number of carbonyl (C=O) groups excluding carboxylic acids is 5. The molecule has 7 N–H and O–H groups in total. The molecule has 1 unspecified atom stereocenters. The first-order valence-electron chi connectivity index (χ1n) is 18.7. The van der Waals surface area contributed by atoms with E-state index in [0.717, 1.165) is 0 Å². The van der Waals surface area contributed by atoms with Gasteiger partial charge in [-0.15, -0.1) is 0 Å². The summed E-state index contributed by atoms with van der Waals surface area (Å²) in [6.07, 6.45) is 3.47. The summed E-state index contributed by atoms with van der Waals surface area (Å²) in [6, 6.07) is -1.50. The molecule has 0 spiro atoms. The van der Waals surface area contributed by atoms with Crippen molar-refractivity contribution in [1.82, 2.24) is 16.1 Å². The van der Waals surface area contributed by atoms with Gasteiger partial charge in [0.15, 0.2) is 24.1 Å². The van der Waals surface area contributed by atoms with Crippen LogP contribution in [-0.2, 0) is 43.1 Å². The minimum absolute atomic E-state index is 0.0292. The lowest BCUT2D eigenvalue weighted by Crippen LogP contribution is -2.69. The van der Waals surface area contributed by atoms with Crippen LogP contribution in [0, 0.1) is 28.6 Å². The Kier molecular flexibility index (Phi) is 15.3. The average Bonchev–Trinajstić information content (AvgIpc) is 3.33. The number of allylic oxidation sites excluding steroid dienone is 4. The Morgan fingerprint density at radius 3 is 2.25 bits per heavy atom. The van der Waals surface area contributed by atoms with E-state index in [1.165, 1.54) is 18.2 Å². The van der Waals surface area contributed by atoms with Crippen LogP contribution in [-0.4, -0.2) is 128 Å². The number of unbranched alkanes of at least 4 members (excludes halogenated alkanes) is 3. The molecule has 20 heteroatoms. The maximum atomic E-state index is 17.5. The van der Waals surface area contributed by atoms with Crippen LogP contribution in [0.15, 0.2) is 23.8 Å². The molecular formula is C36H54FN3O16. The van der Waals surface area contributed by atoms with E-state index in [0.29, 0.717) is 37.7 Å². The molecule has 0 aliphatic heterocycles. The lowest BCUT2D eigenvalue weighted by atomic mass is 9.44. The Balaban J connectivity index is 1.35. The van der Waals surface area contributed by atoms with Crippen LogP contribution in [0.3, 0.4) is 0 Å². The number of aliphatic hydroxyl groups excluding tert-OH is 1. The molecule has 0 aromatic carbocycles. The summed E-state index contributed by atoms with van der Waals surface area (Å²) >= 11 is 0. The Morgan fingerprint density at radius 1 is 0.946 bits per heavy atom. The summed E-state index contributed by atoms with van der Waals surface area (Å²) < 4.78 is 32.8. The first kappa shape index (κ1) is 45.3. The van der Waals surface area contributed by atoms with Gasteiger partial charge in [0, 0.05) is 23.2 Å². The topological polar surface area (TPSA) is 271 Å². The molecule has 3 saturated carbocycles. The monoisotopic (exact) mass is 803 g/mol. The molecule has 9 atom stereocenters. The van der Waals surface area contributed by atoms with Crippen LogP contribution in [0.5, 0.6) is 0 Å². The first-order chi connectivity index (χ1) is 26.3. The van der Waals surface area contributed by atoms with Crippen molar-refractivity contribution in [2.45, 2.75) is 108 Å². The van der Waals surface area contributed by atoms with Gasteiger partial charge in [-0.3, -0.25) is 44.9 Å². The first-order valence-corrected chi connectivity index (χ1v) is 18.7. The van der Waals surface area contributed by atoms with Gasteiger partial charge in [-0.2, -0.15) is 0 Å². The van der Waals surface area contributed by atoms with Crippen LogP contribution < -0.4 is 5.32 Å². The molecule has 0 radical (unpaired) electrons. The van der Waals surface area contributed by atoms with E-state index in [2.05, 4.69) is 15.0 Å². The SMILES string of the molecule is C[C@H]1C[C@H]2[C@@H]3CCC4=CC(=O)C=C[C@]4(C)[C@@]3(F)[C@@H](O)C[C@]2(C)[C@@]1(O)C(=O)COC(=O)OCC(NC(=O)CCCCCON(O)O)C(=O)OCCCCON(O)O. The molecule has 0 saturated heterocycles. The Hall–Kier alpha value is -3.44. The molecule has 56 heavy (non-hydrogen) atoms. The molecule has 0 aromatic rings. The van der Waals surface area contributed by atoms with E-state index in [4.69, 9.17) is 35.0 Å². The van der Waals surface area contributed by atoms with E-state index in [-0.39, 0.29) is 57.7 Å². The number of alkyl halides is 1. The van der Waals surface area contributed by atoms with Gasteiger partial charge >= 0.3 is 12.1 Å². The normalized spacial score (nSPS) is 32.6. The van der Waals surface area contributed by atoms with Crippen LogP contribution in [0.2, 0.25) is 0 Å². The van der Waals surface area contributed by atoms with Gasteiger partial charge in [-0.05, 0) is 82.3 Å². The number of amides is 1. The fourth-order valence-corrected chi connectivity index (χ4v) is 9.34. The van der Waals surface area contributed by atoms with E-state index >= 15 is 4.39 Å². The molecule has 0 bridgehead atoms. The van der Waals surface area contributed by atoms with Crippen molar-refractivity contribution in [1.29, 1.82) is 0 Å². The zero-order valence-corrected chi connectivity index (χ0v) is 31.8. The largest absolute Gasteiger partial charge is 0.508 e. The Bertz CT molecular complexity index is 1510. The lowest BCUT2D eigenvalue weighted by molar-refractivity contribution is -0.492.